The second-order valence-electron chi connectivity index (χ2n) is 6.29. The van der Waals surface area contributed by atoms with E-state index in [4.69, 9.17) is 4.74 Å². The van der Waals surface area contributed by atoms with Crippen molar-refractivity contribution in [3.63, 3.8) is 0 Å². The van der Waals surface area contributed by atoms with E-state index in [-0.39, 0.29) is 12.5 Å². The maximum Gasteiger partial charge on any atom is 0.327 e. The number of rotatable bonds is 9. The smallest absolute Gasteiger partial charge is 0.327 e. The number of para-hydroxylation sites is 1. The Morgan fingerprint density at radius 2 is 1.82 bits per heavy atom. The standard InChI is InChI=1S/C22H26N2O3S/c1-5-13-28-18-12-7-6-11-17(18)24-19(25)14-23-21(22(26)27-4)20-15(2)9-8-10-16(20)3/h5-12,21,23H,1,13-14H2,2-4H3,(H,24,25). The highest BCUT2D eigenvalue weighted by Crippen LogP contribution is 2.27. The van der Waals surface area contributed by atoms with Crippen LogP contribution in [0.15, 0.2) is 60.0 Å². The van der Waals surface area contributed by atoms with Gasteiger partial charge in [-0.2, -0.15) is 0 Å². The summed E-state index contributed by atoms with van der Waals surface area (Å²) >= 11 is 1.60. The first kappa shape index (κ1) is 21.7. The summed E-state index contributed by atoms with van der Waals surface area (Å²) in [7, 11) is 1.35. The number of nitrogens with one attached hydrogen (secondary N) is 2. The van der Waals surface area contributed by atoms with Gasteiger partial charge in [-0.15, -0.1) is 18.3 Å². The molecule has 0 bridgehead atoms. The van der Waals surface area contributed by atoms with Gasteiger partial charge in [0.05, 0.1) is 19.3 Å². The first-order valence-electron chi connectivity index (χ1n) is 8.97. The normalized spacial score (nSPS) is 11.5. The maximum absolute atomic E-state index is 12.5. The fourth-order valence-corrected chi connectivity index (χ4v) is 3.68. The highest BCUT2D eigenvalue weighted by Gasteiger charge is 2.25. The van der Waals surface area contributed by atoms with E-state index in [0.717, 1.165) is 33.0 Å². The van der Waals surface area contributed by atoms with Crippen molar-refractivity contribution in [2.24, 2.45) is 0 Å². The van der Waals surface area contributed by atoms with Gasteiger partial charge in [-0.3, -0.25) is 10.1 Å². The van der Waals surface area contributed by atoms with Crippen molar-refractivity contribution < 1.29 is 14.3 Å². The van der Waals surface area contributed by atoms with Crippen LogP contribution in [0.2, 0.25) is 0 Å². The van der Waals surface area contributed by atoms with Gasteiger partial charge in [-0.05, 0) is 42.7 Å². The number of aryl methyl sites for hydroxylation is 2. The number of amides is 1. The van der Waals surface area contributed by atoms with E-state index in [9.17, 15) is 9.59 Å². The topological polar surface area (TPSA) is 67.4 Å². The molecule has 0 aliphatic rings. The molecule has 0 heterocycles. The molecular weight excluding hydrogens is 372 g/mol. The number of thioether (sulfide) groups is 1. The van der Waals surface area contributed by atoms with Gasteiger partial charge < -0.3 is 10.1 Å². The van der Waals surface area contributed by atoms with Gasteiger partial charge in [0.1, 0.15) is 6.04 Å². The molecule has 0 radical (unpaired) electrons. The number of carbonyl (C=O) groups is 2. The highest BCUT2D eigenvalue weighted by atomic mass is 32.2. The third-order valence-electron chi connectivity index (χ3n) is 4.25. The van der Waals surface area contributed by atoms with Gasteiger partial charge in [0.25, 0.3) is 0 Å². The van der Waals surface area contributed by atoms with E-state index in [2.05, 4.69) is 17.2 Å². The molecule has 148 valence electrons. The van der Waals surface area contributed by atoms with Crippen LogP contribution in [0.1, 0.15) is 22.7 Å². The maximum atomic E-state index is 12.5. The predicted octanol–water partition coefficient (Wildman–Crippen LogP) is 4.02. The number of esters is 1. The number of hydrogen-bond donors (Lipinski definition) is 2. The summed E-state index contributed by atoms with van der Waals surface area (Å²) in [5, 5.41) is 5.95. The molecule has 1 unspecified atom stereocenters. The predicted molar refractivity (Wildman–Crippen MR) is 115 cm³/mol. The Morgan fingerprint density at radius 1 is 1.14 bits per heavy atom. The van der Waals surface area contributed by atoms with Gasteiger partial charge in [-0.25, -0.2) is 4.79 Å². The Bertz CT molecular complexity index is 831. The minimum Gasteiger partial charge on any atom is -0.468 e. The zero-order valence-corrected chi connectivity index (χ0v) is 17.3. The zero-order valence-electron chi connectivity index (χ0n) is 16.5. The minimum absolute atomic E-state index is 0.0198. The van der Waals surface area contributed by atoms with E-state index in [1.54, 1.807) is 11.8 Å². The fraction of sp³-hybridized carbons (Fsp3) is 0.273. The van der Waals surface area contributed by atoms with Crippen LogP contribution in [-0.4, -0.2) is 31.3 Å². The lowest BCUT2D eigenvalue weighted by Crippen LogP contribution is -2.36. The van der Waals surface area contributed by atoms with Crippen molar-refractivity contribution in [1.82, 2.24) is 5.32 Å². The molecule has 0 spiro atoms. The fourth-order valence-electron chi connectivity index (χ4n) is 2.94. The van der Waals surface area contributed by atoms with Crippen LogP contribution in [0.5, 0.6) is 0 Å². The average molecular weight is 399 g/mol. The highest BCUT2D eigenvalue weighted by molar-refractivity contribution is 7.99. The van der Waals surface area contributed by atoms with Gasteiger partial charge in [0, 0.05) is 10.6 Å². The van der Waals surface area contributed by atoms with Gasteiger partial charge in [0.15, 0.2) is 0 Å². The molecule has 1 atom stereocenters. The van der Waals surface area contributed by atoms with E-state index in [1.165, 1.54) is 7.11 Å². The third kappa shape index (κ3) is 5.71. The van der Waals surface area contributed by atoms with Crippen molar-refractivity contribution >= 4 is 29.3 Å². The summed E-state index contributed by atoms with van der Waals surface area (Å²) in [6, 6.07) is 12.7. The first-order valence-corrected chi connectivity index (χ1v) is 9.96. The lowest BCUT2D eigenvalue weighted by molar-refractivity contribution is -0.143. The number of carbonyl (C=O) groups excluding carboxylic acids is 2. The third-order valence-corrected chi connectivity index (χ3v) is 5.32. The molecule has 0 aliphatic heterocycles. The number of anilines is 1. The van der Waals surface area contributed by atoms with E-state index in [1.807, 2.05) is 62.4 Å². The molecule has 5 nitrogen and oxygen atoms in total. The van der Waals surface area contributed by atoms with Gasteiger partial charge in [-0.1, -0.05) is 36.4 Å². The summed E-state index contributed by atoms with van der Waals surface area (Å²) in [6.07, 6.45) is 1.82. The Hall–Kier alpha value is -2.57. The Balaban J connectivity index is 2.11. The average Bonchev–Trinajstić information content (AvgIpc) is 2.69. The molecule has 0 aromatic heterocycles. The van der Waals surface area contributed by atoms with Crippen LogP contribution in [0.4, 0.5) is 5.69 Å². The van der Waals surface area contributed by atoms with E-state index >= 15 is 0 Å². The van der Waals surface area contributed by atoms with Crippen LogP contribution in [0, 0.1) is 13.8 Å². The van der Waals surface area contributed by atoms with Crippen molar-refractivity contribution in [2.45, 2.75) is 24.8 Å². The second kappa shape index (κ2) is 10.7. The SMILES string of the molecule is C=CCSc1ccccc1NC(=O)CNC(C(=O)OC)c1c(C)cccc1C. The van der Waals surface area contributed by atoms with Crippen LogP contribution < -0.4 is 10.6 Å². The first-order chi connectivity index (χ1) is 13.5. The van der Waals surface area contributed by atoms with Crippen molar-refractivity contribution in [3.05, 3.63) is 71.8 Å². The summed E-state index contributed by atoms with van der Waals surface area (Å²) in [5.41, 5.74) is 3.51. The summed E-state index contributed by atoms with van der Waals surface area (Å²) < 4.78 is 4.94. The Kier molecular flexibility index (Phi) is 8.29. The summed E-state index contributed by atoms with van der Waals surface area (Å²) in [5.74, 6) is 0.0983. The molecule has 2 aromatic carbocycles. The molecule has 2 rings (SSSR count). The van der Waals surface area contributed by atoms with Crippen LogP contribution in [-0.2, 0) is 14.3 Å². The number of hydrogen-bond acceptors (Lipinski definition) is 5. The van der Waals surface area contributed by atoms with Crippen molar-refractivity contribution in [3.8, 4) is 0 Å². The molecular formula is C22H26N2O3S. The number of benzene rings is 2. The second-order valence-corrected chi connectivity index (χ2v) is 7.35. The Labute approximate surface area is 170 Å². The quantitative estimate of drug-likeness (QED) is 0.379. The molecule has 0 saturated carbocycles. The number of ether oxygens (including phenoxy) is 1. The molecule has 6 heteroatoms. The van der Waals surface area contributed by atoms with Crippen LogP contribution in [0.25, 0.3) is 0 Å². The van der Waals surface area contributed by atoms with E-state index in [0.29, 0.717) is 0 Å². The molecule has 28 heavy (non-hydrogen) atoms. The molecule has 0 aliphatic carbocycles. The van der Waals surface area contributed by atoms with Gasteiger partial charge >= 0.3 is 5.97 Å². The lowest BCUT2D eigenvalue weighted by atomic mass is 9.96. The van der Waals surface area contributed by atoms with Gasteiger partial charge in [0.2, 0.25) is 5.91 Å². The Morgan fingerprint density at radius 3 is 2.46 bits per heavy atom. The van der Waals surface area contributed by atoms with E-state index < -0.39 is 12.0 Å². The largest absolute Gasteiger partial charge is 0.468 e. The molecule has 1 amide bonds. The molecule has 0 saturated heterocycles. The summed E-state index contributed by atoms with van der Waals surface area (Å²) in [4.78, 5) is 25.8. The van der Waals surface area contributed by atoms with Crippen LogP contribution in [0.3, 0.4) is 0 Å². The monoisotopic (exact) mass is 398 g/mol. The molecule has 2 N–H and O–H groups in total. The van der Waals surface area contributed by atoms with Crippen molar-refractivity contribution in [2.75, 3.05) is 24.7 Å². The minimum atomic E-state index is -0.706. The zero-order chi connectivity index (χ0) is 20.5. The van der Waals surface area contributed by atoms with Crippen molar-refractivity contribution in [1.29, 1.82) is 0 Å². The van der Waals surface area contributed by atoms with Crippen LogP contribution >= 0.6 is 11.8 Å². The lowest BCUT2D eigenvalue weighted by Gasteiger charge is -2.21. The number of methoxy groups -OCH3 is 1. The summed E-state index contributed by atoms with van der Waals surface area (Å²) in [6.45, 7) is 7.58. The molecule has 2 aromatic rings. The molecule has 0 fully saturated rings.